The summed E-state index contributed by atoms with van der Waals surface area (Å²) in [5.41, 5.74) is 0. The van der Waals surface area contributed by atoms with Crippen LogP contribution in [0.15, 0.2) is 0 Å². The molecule has 6 heteroatoms. The number of hydrogen-bond acceptors (Lipinski definition) is 3. The average molecular weight is 216 g/mol. The van der Waals surface area contributed by atoms with Gasteiger partial charge in [0.25, 0.3) is 5.92 Å². The van der Waals surface area contributed by atoms with Crippen molar-refractivity contribution in [3.8, 4) is 0 Å². The number of halogens is 3. The number of hydrogen-bond donors (Lipinski definition) is 1. The first-order valence-corrected chi connectivity index (χ1v) is 3.83. The molecule has 0 radical (unpaired) electrons. The van der Waals surface area contributed by atoms with Crippen LogP contribution >= 0.6 is 12.4 Å². The Labute approximate surface area is 81.2 Å². The highest BCUT2D eigenvalue weighted by Crippen LogP contribution is 2.28. The molecule has 1 aliphatic heterocycles. The number of nitrogens with one attached hydrogen (secondary N) is 1. The summed E-state index contributed by atoms with van der Waals surface area (Å²) in [6.07, 6.45) is 0. The summed E-state index contributed by atoms with van der Waals surface area (Å²) in [6, 6.07) is 0. The van der Waals surface area contributed by atoms with E-state index in [-0.39, 0.29) is 25.6 Å². The normalized spacial score (nSPS) is 25.0. The molecule has 0 saturated carbocycles. The van der Waals surface area contributed by atoms with E-state index in [1.165, 1.54) is 0 Å². The Bertz CT molecular complexity index is 189. The van der Waals surface area contributed by atoms with Gasteiger partial charge in [0.2, 0.25) is 0 Å². The van der Waals surface area contributed by atoms with Crippen LogP contribution in [0.5, 0.6) is 0 Å². The Morgan fingerprint density at radius 1 is 1.69 bits per heavy atom. The Morgan fingerprint density at radius 2 is 2.31 bits per heavy atom. The van der Waals surface area contributed by atoms with Crippen LogP contribution in [0.1, 0.15) is 6.92 Å². The quantitative estimate of drug-likeness (QED) is 0.694. The van der Waals surface area contributed by atoms with Crippen molar-refractivity contribution in [2.24, 2.45) is 5.92 Å². The minimum Gasteiger partial charge on any atom is -0.466 e. The zero-order chi connectivity index (χ0) is 9.19. The second-order valence-electron chi connectivity index (χ2n) is 2.70. The molecule has 13 heavy (non-hydrogen) atoms. The lowest BCUT2D eigenvalue weighted by Gasteiger charge is -2.15. The molecular formula is C7H12ClF2NO2. The average Bonchev–Trinajstić information content (AvgIpc) is 2.30. The second kappa shape index (κ2) is 4.72. The molecule has 0 bridgehead atoms. The van der Waals surface area contributed by atoms with Gasteiger partial charge < -0.3 is 10.1 Å². The van der Waals surface area contributed by atoms with Gasteiger partial charge in [-0.25, -0.2) is 8.78 Å². The number of rotatable bonds is 2. The molecule has 1 heterocycles. The predicted octanol–water partition coefficient (Wildman–Crippen LogP) is 0.826. The number of esters is 1. The molecule has 0 aromatic heterocycles. The van der Waals surface area contributed by atoms with Crippen LogP contribution in [-0.4, -0.2) is 31.6 Å². The van der Waals surface area contributed by atoms with Gasteiger partial charge in [0, 0.05) is 6.54 Å². The summed E-state index contributed by atoms with van der Waals surface area (Å²) in [6.45, 7) is 1.31. The van der Waals surface area contributed by atoms with E-state index >= 15 is 0 Å². The fourth-order valence-corrected chi connectivity index (χ4v) is 1.15. The van der Waals surface area contributed by atoms with Crippen molar-refractivity contribution in [2.75, 3.05) is 19.7 Å². The van der Waals surface area contributed by atoms with E-state index in [1.54, 1.807) is 6.92 Å². The Morgan fingerprint density at radius 3 is 2.69 bits per heavy atom. The van der Waals surface area contributed by atoms with Gasteiger partial charge in [0.05, 0.1) is 13.2 Å². The minimum absolute atomic E-state index is 0. The molecule has 1 rings (SSSR count). The van der Waals surface area contributed by atoms with E-state index in [4.69, 9.17) is 0 Å². The molecule has 3 nitrogen and oxygen atoms in total. The monoisotopic (exact) mass is 215 g/mol. The summed E-state index contributed by atoms with van der Waals surface area (Å²) in [7, 11) is 0. The third kappa shape index (κ3) is 2.77. The Kier molecular flexibility index (Phi) is 4.56. The standard InChI is InChI=1S/C7H11F2NO2.ClH/c1-2-12-6(11)5-3-10-4-7(5,8)9;/h5,10H,2-4H2,1H3;1H. The number of ether oxygens (including phenoxy) is 1. The van der Waals surface area contributed by atoms with Crippen LogP contribution < -0.4 is 5.32 Å². The first-order valence-electron chi connectivity index (χ1n) is 3.83. The van der Waals surface area contributed by atoms with Gasteiger partial charge in [-0.1, -0.05) is 0 Å². The van der Waals surface area contributed by atoms with Gasteiger partial charge in [-0.3, -0.25) is 4.79 Å². The topological polar surface area (TPSA) is 38.3 Å². The van der Waals surface area contributed by atoms with Crippen LogP contribution in [0.4, 0.5) is 8.78 Å². The van der Waals surface area contributed by atoms with Gasteiger partial charge in [0.1, 0.15) is 5.92 Å². The lowest BCUT2D eigenvalue weighted by Crippen LogP contribution is -2.34. The first kappa shape index (κ1) is 12.6. The van der Waals surface area contributed by atoms with Crippen LogP contribution in [0.3, 0.4) is 0 Å². The fourth-order valence-electron chi connectivity index (χ4n) is 1.15. The summed E-state index contributed by atoms with van der Waals surface area (Å²) < 4.78 is 30.1. The van der Waals surface area contributed by atoms with Gasteiger partial charge >= 0.3 is 5.97 Å². The second-order valence-corrected chi connectivity index (χ2v) is 2.70. The van der Waals surface area contributed by atoms with E-state index in [0.29, 0.717) is 0 Å². The van der Waals surface area contributed by atoms with Crippen LogP contribution in [-0.2, 0) is 9.53 Å². The summed E-state index contributed by atoms with van der Waals surface area (Å²) >= 11 is 0. The van der Waals surface area contributed by atoms with Crippen molar-refractivity contribution in [3.05, 3.63) is 0 Å². The molecule has 0 aliphatic carbocycles. The minimum atomic E-state index is -2.95. The molecule has 1 unspecified atom stereocenters. The van der Waals surface area contributed by atoms with Crippen molar-refractivity contribution in [1.82, 2.24) is 5.32 Å². The maximum atomic E-state index is 12.8. The van der Waals surface area contributed by atoms with E-state index in [0.717, 1.165) is 0 Å². The Balaban J connectivity index is 0.00000144. The summed E-state index contributed by atoms with van der Waals surface area (Å²) in [5, 5.41) is 2.45. The smallest absolute Gasteiger partial charge is 0.316 e. The van der Waals surface area contributed by atoms with Crippen LogP contribution in [0.25, 0.3) is 0 Å². The highest BCUT2D eigenvalue weighted by molar-refractivity contribution is 5.85. The van der Waals surface area contributed by atoms with Crippen molar-refractivity contribution in [2.45, 2.75) is 12.8 Å². The van der Waals surface area contributed by atoms with Gasteiger partial charge in [-0.2, -0.15) is 0 Å². The fraction of sp³-hybridized carbons (Fsp3) is 0.857. The SMILES string of the molecule is CCOC(=O)C1CNCC1(F)F.Cl. The molecular weight excluding hydrogens is 204 g/mol. The molecule has 0 spiro atoms. The third-order valence-corrected chi connectivity index (χ3v) is 1.79. The highest BCUT2D eigenvalue weighted by atomic mass is 35.5. The molecule has 1 saturated heterocycles. The highest BCUT2D eigenvalue weighted by Gasteiger charge is 2.49. The summed E-state index contributed by atoms with van der Waals surface area (Å²) in [4.78, 5) is 10.9. The van der Waals surface area contributed by atoms with Crippen LogP contribution in [0, 0.1) is 5.92 Å². The number of alkyl halides is 2. The predicted molar refractivity (Wildman–Crippen MR) is 45.2 cm³/mol. The molecule has 1 atom stereocenters. The molecule has 0 aromatic rings. The zero-order valence-corrected chi connectivity index (χ0v) is 8.00. The molecule has 1 aliphatic rings. The Hall–Kier alpha value is -0.420. The summed E-state index contributed by atoms with van der Waals surface area (Å²) in [5.74, 6) is -5.07. The molecule has 1 N–H and O–H groups in total. The largest absolute Gasteiger partial charge is 0.466 e. The van der Waals surface area contributed by atoms with E-state index < -0.39 is 24.4 Å². The third-order valence-electron chi connectivity index (χ3n) is 1.79. The van der Waals surface area contributed by atoms with E-state index in [1.807, 2.05) is 0 Å². The van der Waals surface area contributed by atoms with Gasteiger partial charge in [-0.15, -0.1) is 12.4 Å². The van der Waals surface area contributed by atoms with Crippen molar-refractivity contribution >= 4 is 18.4 Å². The maximum absolute atomic E-state index is 12.8. The molecule has 0 amide bonds. The van der Waals surface area contributed by atoms with Crippen molar-refractivity contribution in [3.63, 3.8) is 0 Å². The number of carbonyl (C=O) groups excluding carboxylic acids is 1. The first-order chi connectivity index (χ1) is 5.58. The zero-order valence-electron chi connectivity index (χ0n) is 7.18. The lowest BCUT2D eigenvalue weighted by molar-refractivity contribution is -0.157. The lowest BCUT2D eigenvalue weighted by atomic mass is 10.1. The molecule has 0 aromatic carbocycles. The van der Waals surface area contributed by atoms with Crippen LogP contribution in [0.2, 0.25) is 0 Å². The van der Waals surface area contributed by atoms with Gasteiger partial charge in [0.15, 0.2) is 0 Å². The van der Waals surface area contributed by atoms with E-state index in [9.17, 15) is 13.6 Å². The maximum Gasteiger partial charge on any atom is 0.316 e. The van der Waals surface area contributed by atoms with Crippen molar-refractivity contribution < 1.29 is 18.3 Å². The van der Waals surface area contributed by atoms with E-state index in [2.05, 4.69) is 10.1 Å². The van der Waals surface area contributed by atoms with Gasteiger partial charge in [-0.05, 0) is 6.92 Å². The molecule has 1 fully saturated rings. The van der Waals surface area contributed by atoms with Crippen molar-refractivity contribution in [1.29, 1.82) is 0 Å². The number of carbonyl (C=O) groups is 1. The molecule has 78 valence electrons.